The molecule has 16 heavy (non-hydrogen) atoms. The molecule has 2 N–H and O–H groups in total. The summed E-state index contributed by atoms with van der Waals surface area (Å²) in [5, 5.41) is 4.36. The molecule has 3 nitrogen and oxygen atoms in total. The third kappa shape index (κ3) is 3.91. The predicted molar refractivity (Wildman–Crippen MR) is 71.4 cm³/mol. The maximum atomic E-state index is 6.03. The smallest absolute Gasteiger partial charge is 0.0635 e. The number of hydrogen-bond acceptors (Lipinski definition) is 2. The van der Waals surface area contributed by atoms with E-state index >= 15 is 0 Å². The molecule has 1 unspecified atom stereocenters. The average Bonchev–Trinajstić information content (AvgIpc) is 2.58. The van der Waals surface area contributed by atoms with Gasteiger partial charge in [-0.25, -0.2) is 0 Å². The summed E-state index contributed by atoms with van der Waals surface area (Å²) >= 11 is 3.55. The van der Waals surface area contributed by atoms with Gasteiger partial charge < -0.3 is 5.73 Å². The minimum absolute atomic E-state index is 0.321. The molecule has 0 aromatic carbocycles. The third-order valence-corrected chi connectivity index (χ3v) is 3.41. The van der Waals surface area contributed by atoms with Crippen molar-refractivity contribution in [3.05, 3.63) is 16.4 Å². The van der Waals surface area contributed by atoms with E-state index in [1.807, 2.05) is 6.20 Å². The van der Waals surface area contributed by atoms with E-state index in [2.05, 4.69) is 39.6 Å². The maximum absolute atomic E-state index is 6.03. The van der Waals surface area contributed by atoms with Gasteiger partial charge in [0, 0.05) is 12.6 Å². The number of aryl methyl sites for hydroxylation is 1. The van der Waals surface area contributed by atoms with Crippen molar-refractivity contribution in [2.45, 2.75) is 58.5 Å². The van der Waals surface area contributed by atoms with Crippen LogP contribution < -0.4 is 5.73 Å². The highest BCUT2D eigenvalue weighted by atomic mass is 79.9. The molecular weight excluding hydrogens is 266 g/mol. The Morgan fingerprint density at radius 1 is 1.38 bits per heavy atom. The van der Waals surface area contributed by atoms with Gasteiger partial charge in [-0.2, -0.15) is 5.10 Å². The fraction of sp³-hybridized carbons (Fsp3) is 0.750. The summed E-state index contributed by atoms with van der Waals surface area (Å²) in [5.74, 6) is 0. The van der Waals surface area contributed by atoms with Gasteiger partial charge in [-0.05, 0) is 41.6 Å². The molecule has 4 heteroatoms. The molecule has 0 aliphatic carbocycles. The van der Waals surface area contributed by atoms with Crippen molar-refractivity contribution in [2.24, 2.45) is 5.73 Å². The largest absolute Gasteiger partial charge is 0.328 e. The molecule has 0 spiro atoms. The van der Waals surface area contributed by atoms with E-state index < -0.39 is 0 Å². The summed E-state index contributed by atoms with van der Waals surface area (Å²) in [7, 11) is 0. The normalized spacial score (nSPS) is 13.0. The first-order valence-electron chi connectivity index (χ1n) is 6.14. The monoisotopic (exact) mass is 287 g/mol. The molecule has 92 valence electrons. The second kappa shape index (κ2) is 7.07. The van der Waals surface area contributed by atoms with E-state index in [1.165, 1.54) is 5.69 Å². The highest BCUT2D eigenvalue weighted by Crippen LogP contribution is 2.19. The van der Waals surface area contributed by atoms with Gasteiger partial charge in [0.15, 0.2) is 0 Å². The molecule has 0 aliphatic rings. The first kappa shape index (κ1) is 13.7. The Morgan fingerprint density at radius 3 is 2.75 bits per heavy atom. The predicted octanol–water partition coefficient (Wildman–Crippen LogP) is 3.12. The quantitative estimate of drug-likeness (QED) is 0.837. The number of halogens is 1. The number of nitrogens with zero attached hydrogens (tertiary/aromatic N) is 2. The Labute approximate surface area is 107 Å². The summed E-state index contributed by atoms with van der Waals surface area (Å²) in [6.45, 7) is 5.34. The lowest BCUT2D eigenvalue weighted by atomic mass is 10.1. The summed E-state index contributed by atoms with van der Waals surface area (Å²) < 4.78 is 3.20. The molecule has 0 aliphatic heterocycles. The summed E-state index contributed by atoms with van der Waals surface area (Å²) in [5.41, 5.74) is 7.32. The Morgan fingerprint density at radius 2 is 2.12 bits per heavy atom. The molecule has 0 saturated carbocycles. The molecule has 0 saturated heterocycles. The minimum atomic E-state index is 0.321. The zero-order chi connectivity index (χ0) is 12.0. The molecule has 1 heterocycles. The lowest BCUT2D eigenvalue weighted by Crippen LogP contribution is -2.21. The van der Waals surface area contributed by atoms with Crippen LogP contribution >= 0.6 is 15.9 Å². The van der Waals surface area contributed by atoms with Crippen LogP contribution in [-0.4, -0.2) is 15.8 Å². The van der Waals surface area contributed by atoms with Crippen LogP contribution in [-0.2, 0) is 13.0 Å². The van der Waals surface area contributed by atoms with Crippen molar-refractivity contribution in [2.75, 3.05) is 0 Å². The molecule has 0 radical (unpaired) electrons. The van der Waals surface area contributed by atoms with Crippen molar-refractivity contribution in [1.29, 1.82) is 0 Å². The van der Waals surface area contributed by atoms with Crippen LogP contribution in [0.3, 0.4) is 0 Å². The van der Waals surface area contributed by atoms with Crippen molar-refractivity contribution < 1.29 is 0 Å². The van der Waals surface area contributed by atoms with Crippen molar-refractivity contribution in [3.8, 4) is 0 Å². The number of rotatable bonds is 7. The first-order chi connectivity index (χ1) is 7.69. The van der Waals surface area contributed by atoms with Gasteiger partial charge in [-0.1, -0.05) is 20.3 Å². The van der Waals surface area contributed by atoms with Crippen LogP contribution in [0.5, 0.6) is 0 Å². The number of hydrogen-bond donors (Lipinski definition) is 1. The Balaban J connectivity index is 2.54. The molecule has 0 fully saturated rings. The Kier molecular flexibility index (Phi) is 6.06. The molecule has 1 aromatic rings. The molecule has 1 rings (SSSR count). The second-order valence-corrected chi connectivity index (χ2v) is 5.10. The Bertz CT molecular complexity index is 309. The average molecular weight is 288 g/mol. The topological polar surface area (TPSA) is 43.8 Å². The fourth-order valence-corrected chi connectivity index (χ4v) is 2.37. The van der Waals surface area contributed by atoms with E-state index in [0.29, 0.717) is 6.04 Å². The van der Waals surface area contributed by atoms with Crippen LogP contribution in [0.2, 0.25) is 0 Å². The minimum Gasteiger partial charge on any atom is -0.328 e. The summed E-state index contributed by atoms with van der Waals surface area (Å²) in [4.78, 5) is 0. The van der Waals surface area contributed by atoms with E-state index in [4.69, 9.17) is 5.73 Å². The van der Waals surface area contributed by atoms with Gasteiger partial charge >= 0.3 is 0 Å². The zero-order valence-electron chi connectivity index (χ0n) is 10.2. The fourth-order valence-electron chi connectivity index (χ4n) is 1.88. The van der Waals surface area contributed by atoms with Crippen LogP contribution in [0.25, 0.3) is 0 Å². The highest BCUT2D eigenvalue weighted by Gasteiger charge is 2.10. The van der Waals surface area contributed by atoms with Crippen LogP contribution in [0, 0.1) is 0 Å². The molecule has 1 atom stereocenters. The van der Waals surface area contributed by atoms with E-state index in [-0.39, 0.29) is 0 Å². The standard InChI is InChI=1S/C12H22BrN3/c1-3-5-10(14)6-7-12-11(13)9-15-16(12)8-4-2/h9-10H,3-8,14H2,1-2H3. The van der Waals surface area contributed by atoms with Crippen molar-refractivity contribution >= 4 is 15.9 Å². The van der Waals surface area contributed by atoms with Gasteiger partial charge in [0.25, 0.3) is 0 Å². The molecule has 0 amide bonds. The zero-order valence-corrected chi connectivity index (χ0v) is 11.8. The van der Waals surface area contributed by atoms with Gasteiger partial charge in [0.1, 0.15) is 0 Å². The van der Waals surface area contributed by atoms with E-state index in [1.54, 1.807) is 0 Å². The lowest BCUT2D eigenvalue weighted by Gasteiger charge is -2.11. The van der Waals surface area contributed by atoms with E-state index in [0.717, 1.165) is 43.1 Å². The van der Waals surface area contributed by atoms with E-state index in [9.17, 15) is 0 Å². The number of aromatic nitrogens is 2. The molecular formula is C12H22BrN3. The SMILES string of the molecule is CCCC(N)CCc1c(Br)cnn1CCC. The summed E-state index contributed by atoms with van der Waals surface area (Å²) in [6.07, 6.45) is 7.33. The van der Waals surface area contributed by atoms with Crippen LogP contribution in [0.1, 0.15) is 45.2 Å². The van der Waals surface area contributed by atoms with Gasteiger partial charge in [0.2, 0.25) is 0 Å². The molecule has 0 bridgehead atoms. The maximum Gasteiger partial charge on any atom is 0.0635 e. The van der Waals surface area contributed by atoms with Crippen molar-refractivity contribution in [1.82, 2.24) is 9.78 Å². The van der Waals surface area contributed by atoms with Crippen LogP contribution in [0.4, 0.5) is 0 Å². The lowest BCUT2D eigenvalue weighted by molar-refractivity contribution is 0.524. The molecule has 1 aromatic heterocycles. The van der Waals surface area contributed by atoms with Gasteiger partial charge in [-0.3, -0.25) is 4.68 Å². The Hall–Kier alpha value is -0.350. The third-order valence-electron chi connectivity index (χ3n) is 2.74. The van der Waals surface area contributed by atoms with Gasteiger partial charge in [-0.15, -0.1) is 0 Å². The van der Waals surface area contributed by atoms with Crippen molar-refractivity contribution in [3.63, 3.8) is 0 Å². The first-order valence-corrected chi connectivity index (χ1v) is 6.94. The van der Waals surface area contributed by atoms with Crippen LogP contribution in [0.15, 0.2) is 10.7 Å². The summed E-state index contributed by atoms with van der Waals surface area (Å²) in [6, 6.07) is 0.321. The van der Waals surface area contributed by atoms with Gasteiger partial charge in [0.05, 0.1) is 16.4 Å². The highest BCUT2D eigenvalue weighted by molar-refractivity contribution is 9.10. The second-order valence-electron chi connectivity index (χ2n) is 4.25. The number of nitrogens with two attached hydrogens (primary N) is 1.